The summed E-state index contributed by atoms with van der Waals surface area (Å²) in [4.78, 5) is 11.9. The highest BCUT2D eigenvalue weighted by Crippen LogP contribution is 2.20. The summed E-state index contributed by atoms with van der Waals surface area (Å²) >= 11 is 3.30. The Balaban J connectivity index is 2.04. The summed E-state index contributed by atoms with van der Waals surface area (Å²) in [6.07, 6.45) is 12.6. The van der Waals surface area contributed by atoms with E-state index in [4.69, 9.17) is 16.3 Å². The lowest BCUT2D eigenvalue weighted by Gasteiger charge is -2.10. The Morgan fingerprint density at radius 1 is 1.07 bits per heavy atom. The van der Waals surface area contributed by atoms with Gasteiger partial charge in [-0.1, -0.05) is 76.3 Å². The molecule has 27 heavy (non-hydrogen) atoms. The maximum atomic E-state index is 12.0. The zero-order chi connectivity index (χ0) is 19.9. The molecule has 0 fully saturated rings. The lowest BCUT2D eigenvalue weighted by Crippen LogP contribution is -2.26. The number of benzene rings is 1. The van der Waals surface area contributed by atoms with Crippen molar-refractivity contribution < 1.29 is 18.3 Å². The van der Waals surface area contributed by atoms with E-state index >= 15 is 0 Å². The smallest absolute Gasteiger partial charge is 0.253 e. The molecule has 0 aliphatic rings. The van der Waals surface area contributed by atoms with Gasteiger partial charge in [0.1, 0.15) is 6.73 Å². The Kier molecular flexibility index (Phi) is 13.4. The van der Waals surface area contributed by atoms with E-state index in [9.17, 15) is 13.6 Å². The topological polar surface area (TPSA) is 78.5 Å². The Morgan fingerprint density at radius 2 is 1.67 bits per heavy atom. The molecule has 1 amide bonds. The maximum absolute atomic E-state index is 12.0. The van der Waals surface area contributed by atoms with Crippen molar-refractivity contribution in [1.82, 2.24) is 5.32 Å². The molecule has 0 saturated heterocycles. The fourth-order valence-corrected chi connectivity index (χ4v) is 3.51. The lowest BCUT2D eigenvalue weighted by atomic mass is 10.1. The summed E-state index contributed by atoms with van der Waals surface area (Å²) < 4.78 is 27.5. The van der Waals surface area contributed by atoms with Crippen LogP contribution in [0.2, 0.25) is 5.02 Å². The molecule has 0 aliphatic carbocycles. The summed E-state index contributed by atoms with van der Waals surface area (Å²) in [5, 5.41) is 2.71. The summed E-state index contributed by atoms with van der Waals surface area (Å²) in [6, 6.07) is 4.13. The largest absolute Gasteiger partial charge is 0.768 e. The van der Waals surface area contributed by atoms with Crippen molar-refractivity contribution in [2.75, 3.05) is 13.3 Å². The first-order valence-corrected chi connectivity index (χ1v) is 11.3. The Morgan fingerprint density at radius 3 is 2.26 bits per heavy atom. The molecule has 1 rings (SSSR count). The van der Waals surface area contributed by atoms with E-state index in [1.165, 1.54) is 69.6 Å². The molecule has 1 unspecified atom stereocenters. The first-order chi connectivity index (χ1) is 13.1. The van der Waals surface area contributed by atoms with Crippen LogP contribution in [-0.2, 0) is 15.8 Å². The minimum Gasteiger partial charge on any atom is -0.768 e. The molecule has 7 heteroatoms. The van der Waals surface area contributed by atoms with Gasteiger partial charge in [-0.2, -0.15) is 0 Å². The highest BCUT2D eigenvalue weighted by Gasteiger charge is 2.09. The van der Waals surface area contributed by atoms with E-state index in [0.717, 1.165) is 12.8 Å². The van der Waals surface area contributed by atoms with E-state index in [-0.39, 0.29) is 28.1 Å². The van der Waals surface area contributed by atoms with Crippen molar-refractivity contribution in [3.63, 3.8) is 0 Å². The van der Waals surface area contributed by atoms with Gasteiger partial charge in [0.15, 0.2) is 0 Å². The van der Waals surface area contributed by atoms with Crippen LogP contribution in [0, 0.1) is 0 Å². The van der Waals surface area contributed by atoms with E-state index in [2.05, 4.69) is 12.2 Å². The fraction of sp³-hybridized carbons (Fsp3) is 0.650. The van der Waals surface area contributed by atoms with Crippen LogP contribution in [0.1, 0.15) is 81.5 Å². The standard InChI is InChI=1S/C20H32ClNO4S/c1-2-3-4-5-6-7-8-9-10-11-14-26-16-22-20(23)17-12-13-18(21)19(15-17)27(24)25/h12-13,15H,2-11,14,16H2,1H3,(H,22,23)(H,24,25)/p-1. The van der Waals surface area contributed by atoms with E-state index in [1.54, 1.807) is 0 Å². The van der Waals surface area contributed by atoms with Crippen molar-refractivity contribution in [2.24, 2.45) is 0 Å². The number of nitrogens with one attached hydrogen (secondary N) is 1. The molecule has 1 aromatic rings. The van der Waals surface area contributed by atoms with Gasteiger partial charge in [0.25, 0.3) is 5.91 Å². The minimum absolute atomic E-state index is 0.0874. The van der Waals surface area contributed by atoms with Gasteiger partial charge in [-0.15, -0.1) is 0 Å². The lowest BCUT2D eigenvalue weighted by molar-refractivity contribution is 0.0782. The van der Waals surface area contributed by atoms with Gasteiger partial charge in [-0.3, -0.25) is 9.00 Å². The predicted octanol–water partition coefficient (Wildman–Crippen LogP) is 5.20. The maximum Gasteiger partial charge on any atom is 0.253 e. The molecule has 0 bridgehead atoms. The zero-order valence-corrected chi connectivity index (χ0v) is 17.7. The summed E-state index contributed by atoms with van der Waals surface area (Å²) in [5.74, 6) is -0.388. The van der Waals surface area contributed by atoms with Crippen LogP contribution in [0.15, 0.2) is 23.1 Å². The highest BCUT2D eigenvalue weighted by molar-refractivity contribution is 7.79. The SMILES string of the molecule is CCCCCCCCCCCCOCNC(=O)c1ccc(Cl)c(S(=O)[O-])c1. The number of amides is 1. The van der Waals surface area contributed by atoms with Crippen LogP contribution in [0.5, 0.6) is 0 Å². The number of rotatable bonds is 15. The van der Waals surface area contributed by atoms with Gasteiger partial charge in [-0.25, -0.2) is 0 Å². The molecule has 1 atom stereocenters. The molecule has 0 heterocycles. The van der Waals surface area contributed by atoms with Crippen molar-refractivity contribution in [2.45, 2.75) is 76.0 Å². The summed E-state index contributed by atoms with van der Waals surface area (Å²) in [6.45, 7) is 2.95. The van der Waals surface area contributed by atoms with Gasteiger partial charge >= 0.3 is 0 Å². The normalized spacial score (nSPS) is 12.1. The van der Waals surface area contributed by atoms with Crippen molar-refractivity contribution in [1.29, 1.82) is 0 Å². The van der Waals surface area contributed by atoms with E-state index in [0.29, 0.717) is 6.61 Å². The Hall–Kier alpha value is -0.950. The quantitative estimate of drug-likeness (QED) is 0.242. The number of halogens is 1. The summed E-state index contributed by atoms with van der Waals surface area (Å²) in [7, 11) is 0. The zero-order valence-electron chi connectivity index (χ0n) is 16.1. The molecular weight excluding hydrogens is 386 g/mol. The number of unbranched alkanes of at least 4 members (excludes halogenated alkanes) is 9. The second-order valence-electron chi connectivity index (χ2n) is 6.62. The van der Waals surface area contributed by atoms with Gasteiger partial charge in [-0.05, 0) is 35.7 Å². The molecule has 154 valence electrons. The van der Waals surface area contributed by atoms with Gasteiger partial charge in [0, 0.05) is 17.1 Å². The van der Waals surface area contributed by atoms with Gasteiger partial charge in [0.2, 0.25) is 0 Å². The second kappa shape index (κ2) is 15.0. The van der Waals surface area contributed by atoms with Crippen LogP contribution in [-0.4, -0.2) is 28.0 Å². The average molecular weight is 417 g/mol. The molecule has 0 radical (unpaired) electrons. The number of ether oxygens (including phenoxy) is 1. The van der Waals surface area contributed by atoms with Crippen LogP contribution in [0.4, 0.5) is 0 Å². The second-order valence-corrected chi connectivity index (χ2v) is 7.94. The van der Waals surface area contributed by atoms with Crippen LogP contribution in [0.3, 0.4) is 0 Å². The highest BCUT2D eigenvalue weighted by atomic mass is 35.5. The molecule has 5 nitrogen and oxygen atoms in total. The number of carbonyl (C=O) groups is 1. The van der Waals surface area contributed by atoms with Crippen molar-refractivity contribution in [3.05, 3.63) is 28.8 Å². The molecule has 1 aromatic carbocycles. The summed E-state index contributed by atoms with van der Waals surface area (Å²) in [5.41, 5.74) is 0.237. The number of hydrogen-bond donors (Lipinski definition) is 1. The number of hydrogen-bond acceptors (Lipinski definition) is 4. The van der Waals surface area contributed by atoms with E-state index in [1.807, 2.05) is 0 Å². The molecule has 0 saturated carbocycles. The molecule has 1 N–H and O–H groups in total. The first-order valence-electron chi connectivity index (χ1n) is 9.81. The molecule has 0 aliphatic heterocycles. The van der Waals surface area contributed by atoms with Gasteiger partial charge in [0.05, 0.1) is 5.02 Å². The molecular formula is C20H31ClNO4S-. The van der Waals surface area contributed by atoms with Crippen molar-refractivity contribution in [3.8, 4) is 0 Å². The van der Waals surface area contributed by atoms with Crippen LogP contribution < -0.4 is 5.32 Å². The van der Waals surface area contributed by atoms with Crippen LogP contribution >= 0.6 is 11.6 Å². The predicted molar refractivity (Wildman–Crippen MR) is 109 cm³/mol. The number of carbonyl (C=O) groups excluding carboxylic acids is 1. The molecule has 0 aromatic heterocycles. The Bertz CT molecular complexity index is 583. The third kappa shape index (κ3) is 10.8. The van der Waals surface area contributed by atoms with Gasteiger partial charge < -0.3 is 14.6 Å². The first kappa shape index (κ1) is 24.1. The minimum atomic E-state index is -2.48. The third-order valence-corrected chi connectivity index (χ3v) is 5.49. The molecule has 0 spiro atoms. The monoisotopic (exact) mass is 416 g/mol. The van der Waals surface area contributed by atoms with Crippen LogP contribution in [0.25, 0.3) is 0 Å². The fourth-order valence-electron chi connectivity index (χ4n) is 2.75. The average Bonchev–Trinajstić information content (AvgIpc) is 2.65. The third-order valence-electron chi connectivity index (χ3n) is 4.35. The van der Waals surface area contributed by atoms with Crippen molar-refractivity contribution >= 4 is 28.6 Å². The van der Waals surface area contributed by atoms with E-state index < -0.39 is 11.1 Å². The Labute approximate surface area is 170 Å².